The Morgan fingerprint density at radius 2 is 2.03 bits per heavy atom. The fourth-order valence-corrected chi connectivity index (χ4v) is 4.92. The summed E-state index contributed by atoms with van der Waals surface area (Å²) in [5.41, 5.74) is 0.577. The van der Waals surface area contributed by atoms with E-state index in [1.807, 2.05) is 36.4 Å². The zero-order valence-corrected chi connectivity index (χ0v) is 20.3. The first-order valence-corrected chi connectivity index (χ1v) is 11.6. The predicted molar refractivity (Wildman–Crippen MR) is 126 cm³/mol. The Morgan fingerprint density at radius 3 is 2.73 bits per heavy atom. The van der Waals surface area contributed by atoms with E-state index in [0.717, 1.165) is 28.5 Å². The number of aromatic nitrogens is 4. The van der Waals surface area contributed by atoms with Gasteiger partial charge in [0, 0.05) is 36.5 Å². The van der Waals surface area contributed by atoms with Crippen LogP contribution in [0.25, 0.3) is 16.9 Å². The fourth-order valence-electron chi connectivity index (χ4n) is 4.36. The van der Waals surface area contributed by atoms with E-state index in [-0.39, 0.29) is 11.6 Å². The third-order valence-electron chi connectivity index (χ3n) is 6.02. The molecule has 1 aliphatic carbocycles. The molecule has 0 unspecified atom stereocenters. The highest BCUT2D eigenvalue weighted by Crippen LogP contribution is 2.48. The number of halogens is 1. The van der Waals surface area contributed by atoms with Gasteiger partial charge in [0.2, 0.25) is 0 Å². The van der Waals surface area contributed by atoms with Crippen molar-refractivity contribution in [1.82, 2.24) is 24.4 Å². The molecule has 1 saturated carbocycles. The van der Waals surface area contributed by atoms with Gasteiger partial charge in [-0.05, 0) is 61.7 Å². The molecule has 170 valence electrons. The van der Waals surface area contributed by atoms with Crippen molar-refractivity contribution in [3.8, 4) is 11.9 Å². The summed E-state index contributed by atoms with van der Waals surface area (Å²) < 4.78 is 8.31. The number of fused-ring (bicyclic) bond motifs is 1. The zero-order chi connectivity index (χ0) is 23.4. The number of carbonyl (C=O) groups excluding carboxylic acids is 1. The molecule has 5 rings (SSSR count). The third kappa shape index (κ3) is 3.91. The van der Waals surface area contributed by atoms with Crippen LogP contribution in [0.2, 0.25) is 0 Å². The number of nitriles is 1. The zero-order valence-electron chi connectivity index (χ0n) is 18.7. The predicted octanol–water partition coefficient (Wildman–Crippen LogP) is 4.04. The number of anilines is 1. The average molecular weight is 510 g/mol. The largest absolute Gasteiger partial charge is 0.444 e. The smallest absolute Gasteiger partial charge is 0.410 e. The summed E-state index contributed by atoms with van der Waals surface area (Å²) in [6.07, 6.45) is 6.79. The van der Waals surface area contributed by atoms with E-state index in [1.165, 1.54) is 0 Å². The second-order valence-electron chi connectivity index (χ2n) is 9.54. The number of hydrogen-bond donors (Lipinski definition) is 0. The van der Waals surface area contributed by atoms with Crippen LogP contribution in [0.1, 0.15) is 39.2 Å². The molecule has 4 heterocycles. The van der Waals surface area contributed by atoms with E-state index in [1.54, 1.807) is 24.7 Å². The van der Waals surface area contributed by atoms with Crippen LogP contribution in [0.3, 0.4) is 0 Å². The van der Waals surface area contributed by atoms with E-state index in [2.05, 4.69) is 41.9 Å². The normalized spacial score (nSPS) is 17.3. The summed E-state index contributed by atoms with van der Waals surface area (Å²) in [7, 11) is 0. The van der Waals surface area contributed by atoms with E-state index in [0.29, 0.717) is 36.7 Å². The van der Waals surface area contributed by atoms with Gasteiger partial charge in [-0.3, -0.25) is 4.57 Å². The molecule has 0 atom stereocenters. The van der Waals surface area contributed by atoms with Gasteiger partial charge in [0.1, 0.15) is 23.6 Å². The van der Waals surface area contributed by atoms with Gasteiger partial charge < -0.3 is 14.5 Å². The number of pyridine rings is 1. The van der Waals surface area contributed by atoms with Crippen molar-refractivity contribution >= 4 is 38.9 Å². The maximum Gasteiger partial charge on any atom is 0.410 e. The Hall–Kier alpha value is -3.19. The lowest BCUT2D eigenvalue weighted by Gasteiger charge is -2.43. The summed E-state index contributed by atoms with van der Waals surface area (Å²) in [6.45, 7) is 7.48. The van der Waals surface area contributed by atoms with Crippen LogP contribution in [0.15, 0.2) is 35.3 Å². The average Bonchev–Trinajstić information content (AvgIpc) is 3.45. The molecular weight excluding hydrogens is 486 g/mol. The minimum atomic E-state index is -0.519. The van der Waals surface area contributed by atoms with E-state index in [9.17, 15) is 10.1 Å². The molecule has 0 aromatic carbocycles. The second-order valence-corrected chi connectivity index (χ2v) is 10.4. The lowest BCUT2D eigenvalue weighted by Crippen LogP contribution is -2.57. The summed E-state index contributed by atoms with van der Waals surface area (Å²) >= 11 is 3.69. The van der Waals surface area contributed by atoms with Gasteiger partial charge in [0.15, 0.2) is 5.65 Å². The highest BCUT2D eigenvalue weighted by Gasteiger charge is 2.53. The molecular formula is C23H24BrN7O2. The minimum Gasteiger partial charge on any atom is -0.444 e. The van der Waals surface area contributed by atoms with Gasteiger partial charge in [-0.15, -0.1) is 0 Å². The first-order chi connectivity index (χ1) is 15.7. The lowest BCUT2D eigenvalue weighted by molar-refractivity contribution is 0.0205. The van der Waals surface area contributed by atoms with Crippen LogP contribution in [0.5, 0.6) is 0 Å². The summed E-state index contributed by atoms with van der Waals surface area (Å²) in [4.78, 5) is 30.4. The van der Waals surface area contributed by atoms with Gasteiger partial charge in [0.25, 0.3) is 0 Å². The Morgan fingerprint density at radius 1 is 1.24 bits per heavy atom. The lowest BCUT2D eigenvalue weighted by atomic mass is 10.1. The Kier molecular flexibility index (Phi) is 5.05. The fraction of sp³-hybridized carbons (Fsp3) is 0.435. The van der Waals surface area contributed by atoms with Crippen molar-refractivity contribution in [2.45, 2.75) is 44.8 Å². The van der Waals surface area contributed by atoms with Crippen LogP contribution >= 0.6 is 15.9 Å². The van der Waals surface area contributed by atoms with Crippen molar-refractivity contribution in [2.24, 2.45) is 0 Å². The highest BCUT2D eigenvalue weighted by molar-refractivity contribution is 9.10. The molecule has 3 aromatic heterocycles. The van der Waals surface area contributed by atoms with Crippen LogP contribution in [0, 0.1) is 11.3 Å². The summed E-state index contributed by atoms with van der Waals surface area (Å²) in [6, 6.07) is 5.56. The van der Waals surface area contributed by atoms with Crippen LogP contribution < -0.4 is 4.90 Å². The topological polar surface area (TPSA) is 100 Å². The molecule has 0 bridgehead atoms. The van der Waals surface area contributed by atoms with Gasteiger partial charge in [-0.2, -0.15) is 5.26 Å². The molecule has 0 radical (unpaired) electrons. The summed E-state index contributed by atoms with van der Waals surface area (Å²) in [5, 5.41) is 10.2. The van der Waals surface area contributed by atoms with Crippen molar-refractivity contribution in [1.29, 1.82) is 5.26 Å². The van der Waals surface area contributed by atoms with Crippen LogP contribution in [0.4, 0.5) is 10.6 Å². The van der Waals surface area contributed by atoms with Crippen LogP contribution in [-0.4, -0.2) is 61.3 Å². The van der Waals surface area contributed by atoms with Gasteiger partial charge >= 0.3 is 6.09 Å². The molecule has 1 aliphatic heterocycles. The maximum atomic E-state index is 12.7. The first kappa shape index (κ1) is 21.6. The molecule has 2 fully saturated rings. The first-order valence-electron chi connectivity index (χ1n) is 10.8. The molecule has 9 nitrogen and oxygen atoms in total. The van der Waals surface area contributed by atoms with E-state index in [4.69, 9.17) is 4.74 Å². The monoisotopic (exact) mass is 509 g/mol. The highest BCUT2D eigenvalue weighted by atomic mass is 79.9. The Balaban J connectivity index is 1.50. The number of rotatable bonds is 2. The molecule has 33 heavy (non-hydrogen) atoms. The number of hydrogen-bond acceptors (Lipinski definition) is 7. The maximum absolute atomic E-state index is 12.7. The standard InChI is InChI=1S/C23H24BrN7O2/c1-22(2,3)33-21(32)29-8-9-31(23(13-29)5-6-23)20-18-16(24)12-30(19(18)27-14-28-20)17-10-15(11-25)4-7-26-17/h4,7,10,12,14H,5-6,8-9,13H2,1-3H3. The molecule has 2 aliphatic rings. The number of carbonyl (C=O) groups is 1. The molecule has 10 heteroatoms. The number of ether oxygens (including phenoxy) is 1. The van der Waals surface area contributed by atoms with Gasteiger partial charge in [-0.25, -0.2) is 19.7 Å². The Bertz CT molecular complexity index is 1290. The van der Waals surface area contributed by atoms with Crippen molar-refractivity contribution < 1.29 is 9.53 Å². The molecule has 1 saturated heterocycles. The molecule has 1 spiro atoms. The molecule has 1 amide bonds. The van der Waals surface area contributed by atoms with E-state index >= 15 is 0 Å². The van der Waals surface area contributed by atoms with Crippen LogP contribution in [-0.2, 0) is 4.74 Å². The number of piperazine rings is 1. The third-order valence-corrected chi connectivity index (χ3v) is 6.63. The van der Waals surface area contributed by atoms with Gasteiger partial charge in [-0.1, -0.05) is 0 Å². The molecule has 3 aromatic rings. The SMILES string of the molecule is CC(C)(C)OC(=O)N1CCN(c2ncnc3c2c(Br)cn3-c2cc(C#N)ccn2)C2(CC2)C1. The quantitative estimate of drug-likeness (QED) is 0.513. The van der Waals surface area contributed by atoms with Crippen molar-refractivity contribution in [2.75, 3.05) is 24.5 Å². The van der Waals surface area contributed by atoms with Crippen molar-refractivity contribution in [3.63, 3.8) is 0 Å². The van der Waals surface area contributed by atoms with Gasteiger partial charge in [0.05, 0.1) is 22.6 Å². The number of amides is 1. The van der Waals surface area contributed by atoms with Crippen molar-refractivity contribution in [3.05, 3.63) is 40.9 Å². The second kappa shape index (κ2) is 7.70. The molecule has 0 N–H and O–H groups in total. The Labute approximate surface area is 200 Å². The van der Waals surface area contributed by atoms with E-state index < -0.39 is 5.60 Å². The summed E-state index contributed by atoms with van der Waals surface area (Å²) in [5.74, 6) is 1.45. The minimum absolute atomic E-state index is 0.142. The number of nitrogens with zero attached hydrogens (tertiary/aromatic N) is 7.